The number of Topliss-reactive ketones (excluding diaryl/α,β-unsaturated/α-hetero) is 1. The molecule has 0 unspecified atom stereocenters. The molecule has 2 aliphatic heterocycles. The van der Waals surface area contributed by atoms with Crippen LogP contribution in [0.4, 0.5) is 5.69 Å². The van der Waals surface area contributed by atoms with Crippen molar-refractivity contribution in [2.75, 3.05) is 11.4 Å². The van der Waals surface area contributed by atoms with Crippen LogP contribution in [0.2, 0.25) is 0 Å². The Morgan fingerprint density at radius 1 is 1.04 bits per heavy atom. The van der Waals surface area contributed by atoms with Crippen molar-refractivity contribution in [2.24, 2.45) is 0 Å². The fraction of sp³-hybridized carbons (Fsp3) is 0.238. The molecule has 4 heteroatoms. The summed E-state index contributed by atoms with van der Waals surface area (Å²) >= 11 is 0. The number of ether oxygens (including phenoxy) is 1. The van der Waals surface area contributed by atoms with Gasteiger partial charge in [-0.2, -0.15) is 0 Å². The molecule has 126 valence electrons. The molecule has 0 aliphatic carbocycles. The third kappa shape index (κ3) is 2.84. The number of aryl methyl sites for hydroxylation is 1. The number of hydrogen-bond acceptors (Lipinski definition) is 4. The van der Waals surface area contributed by atoms with Gasteiger partial charge in [0.25, 0.3) is 0 Å². The zero-order valence-electron chi connectivity index (χ0n) is 14.1. The molecule has 2 aromatic carbocycles. The average molecular weight is 333 g/mol. The number of para-hydroxylation sites is 1. The van der Waals surface area contributed by atoms with Crippen LogP contribution in [-0.2, 0) is 11.2 Å². The number of benzene rings is 2. The molecule has 0 fully saturated rings. The Labute approximate surface area is 146 Å². The summed E-state index contributed by atoms with van der Waals surface area (Å²) in [4.78, 5) is 26.5. The van der Waals surface area contributed by atoms with Crippen LogP contribution in [0, 0.1) is 0 Å². The summed E-state index contributed by atoms with van der Waals surface area (Å²) < 4.78 is 5.42. The van der Waals surface area contributed by atoms with Gasteiger partial charge in [-0.15, -0.1) is 0 Å². The van der Waals surface area contributed by atoms with E-state index in [-0.39, 0.29) is 11.8 Å². The van der Waals surface area contributed by atoms with E-state index in [1.54, 1.807) is 18.2 Å². The third-order valence-electron chi connectivity index (χ3n) is 4.93. The van der Waals surface area contributed by atoms with Gasteiger partial charge in [-0.25, -0.2) is 4.79 Å². The number of hydrogen-bond donors (Lipinski definition) is 0. The van der Waals surface area contributed by atoms with Gasteiger partial charge in [-0.05, 0) is 55.7 Å². The number of fused-ring (bicyclic) bond motifs is 3. The maximum Gasteiger partial charge on any atom is 0.343 e. The van der Waals surface area contributed by atoms with Crippen LogP contribution in [-0.4, -0.2) is 18.3 Å². The molecule has 2 aromatic rings. The van der Waals surface area contributed by atoms with Gasteiger partial charge in [0.15, 0.2) is 5.78 Å². The summed E-state index contributed by atoms with van der Waals surface area (Å²) in [5.74, 6) is 0.443. The van der Waals surface area contributed by atoms with Crippen molar-refractivity contribution < 1.29 is 14.3 Å². The normalized spacial score (nSPS) is 16.4. The largest absolute Gasteiger partial charge is 0.423 e. The van der Waals surface area contributed by atoms with Gasteiger partial charge < -0.3 is 9.64 Å². The summed E-state index contributed by atoms with van der Waals surface area (Å²) in [5, 5.41) is 0. The van der Waals surface area contributed by atoms with Crippen LogP contribution in [0.3, 0.4) is 0 Å². The van der Waals surface area contributed by atoms with E-state index < -0.39 is 0 Å². The Bertz CT molecular complexity index is 883. The molecular formula is C21H19NO3. The minimum atomic E-state index is -0.347. The number of allylic oxidation sites excluding steroid dienone is 2. The molecule has 2 heterocycles. The minimum Gasteiger partial charge on any atom is -0.423 e. The highest BCUT2D eigenvalue weighted by molar-refractivity contribution is 5.98. The van der Waals surface area contributed by atoms with Gasteiger partial charge in [-0.1, -0.05) is 18.2 Å². The van der Waals surface area contributed by atoms with Gasteiger partial charge in [0.1, 0.15) is 5.75 Å². The molecule has 0 radical (unpaired) electrons. The number of ketones is 1. The fourth-order valence-electron chi connectivity index (χ4n) is 3.57. The van der Waals surface area contributed by atoms with Crippen LogP contribution < -0.4 is 9.64 Å². The molecule has 0 N–H and O–H groups in total. The van der Waals surface area contributed by atoms with Gasteiger partial charge in [-0.3, -0.25) is 4.79 Å². The maximum absolute atomic E-state index is 12.4. The van der Waals surface area contributed by atoms with Gasteiger partial charge in [0, 0.05) is 29.9 Å². The second kappa shape index (κ2) is 6.20. The van der Waals surface area contributed by atoms with E-state index in [0.29, 0.717) is 24.3 Å². The Hall–Kier alpha value is -2.88. The fourth-order valence-corrected chi connectivity index (χ4v) is 3.57. The molecule has 4 rings (SSSR count). The average Bonchev–Trinajstić information content (AvgIpc) is 2.64. The molecule has 4 nitrogen and oxygen atoms in total. The molecular weight excluding hydrogens is 314 g/mol. The standard InChI is InChI=1S/C21H19NO3/c1-14-18-9-7-15-13-16(21(24)25-17-5-3-2-4-6-17)8-10-19(15)22(18)12-11-20(14)23/h2-6,8,10,13H,7,9,11-12H2,1H3. The molecule has 0 amide bonds. The lowest BCUT2D eigenvalue weighted by atomic mass is 9.91. The van der Waals surface area contributed by atoms with Crippen molar-refractivity contribution in [3.8, 4) is 5.75 Å². The third-order valence-corrected chi connectivity index (χ3v) is 4.93. The number of carbonyl (C=O) groups is 2. The van der Waals surface area contributed by atoms with Crippen molar-refractivity contribution in [3.05, 3.63) is 70.9 Å². The topological polar surface area (TPSA) is 46.6 Å². The predicted molar refractivity (Wildman–Crippen MR) is 95.8 cm³/mol. The first-order valence-electron chi connectivity index (χ1n) is 8.54. The van der Waals surface area contributed by atoms with E-state index in [0.717, 1.165) is 35.4 Å². The predicted octanol–water partition coefficient (Wildman–Crippen LogP) is 3.91. The molecule has 25 heavy (non-hydrogen) atoms. The Kier molecular flexibility index (Phi) is 3.88. The molecule has 0 aromatic heterocycles. The summed E-state index contributed by atoms with van der Waals surface area (Å²) in [6.07, 6.45) is 2.21. The van der Waals surface area contributed by atoms with Crippen LogP contribution in [0.5, 0.6) is 5.75 Å². The first-order chi connectivity index (χ1) is 12.1. The number of anilines is 1. The first kappa shape index (κ1) is 15.6. The van der Waals surface area contributed by atoms with Gasteiger partial charge in [0.05, 0.1) is 5.56 Å². The summed E-state index contributed by atoms with van der Waals surface area (Å²) in [5.41, 5.74) is 4.80. The number of carbonyl (C=O) groups excluding carboxylic acids is 2. The lowest BCUT2D eigenvalue weighted by Crippen LogP contribution is -2.35. The summed E-state index contributed by atoms with van der Waals surface area (Å²) in [7, 11) is 0. The zero-order valence-corrected chi connectivity index (χ0v) is 14.1. The van der Waals surface area contributed by atoms with Gasteiger partial charge in [0.2, 0.25) is 0 Å². The Morgan fingerprint density at radius 3 is 2.64 bits per heavy atom. The Balaban J connectivity index is 1.62. The van der Waals surface area contributed by atoms with Crippen molar-refractivity contribution in [1.29, 1.82) is 0 Å². The van der Waals surface area contributed by atoms with Gasteiger partial charge >= 0.3 is 5.97 Å². The Morgan fingerprint density at radius 2 is 1.84 bits per heavy atom. The second-order valence-electron chi connectivity index (χ2n) is 6.44. The molecule has 2 aliphatic rings. The maximum atomic E-state index is 12.4. The highest BCUT2D eigenvalue weighted by Gasteiger charge is 2.29. The number of nitrogens with zero attached hydrogens (tertiary/aromatic N) is 1. The highest BCUT2D eigenvalue weighted by Crippen LogP contribution is 2.37. The minimum absolute atomic E-state index is 0.248. The van der Waals surface area contributed by atoms with Crippen LogP contribution in [0.1, 0.15) is 35.7 Å². The van der Waals surface area contributed by atoms with Crippen molar-refractivity contribution >= 4 is 17.4 Å². The van der Waals surface area contributed by atoms with E-state index in [9.17, 15) is 9.59 Å². The molecule has 0 spiro atoms. The molecule has 0 saturated carbocycles. The lowest BCUT2D eigenvalue weighted by Gasteiger charge is -2.37. The summed E-state index contributed by atoms with van der Waals surface area (Å²) in [6, 6.07) is 14.8. The lowest BCUT2D eigenvalue weighted by molar-refractivity contribution is -0.115. The number of esters is 1. The highest BCUT2D eigenvalue weighted by atomic mass is 16.5. The molecule has 0 atom stereocenters. The second-order valence-corrected chi connectivity index (χ2v) is 6.44. The van der Waals surface area contributed by atoms with Crippen molar-refractivity contribution in [1.82, 2.24) is 0 Å². The van der Waals surface area contributed by atoms with E-state index in [1.807, 2.05) is 37.3 Å². The summed E-state index contributed by atoms with van der Waals surface area (Å²) in [6.45, 7) is 2.63. The monoisotopic (exact) mass is 333 g/mol. The first-order valence-corrected chi connectivity index (χ1v) is 8.54. The van der Waals surface area contributed by atoms with Crippen LogP contribution >= 0.6 is 0 Å². The van der Waals surface area contributed by atoms with E-state index >= 15 is 0 Å². The van der Waals surface area contributed by atoms with E-state index in [1.165, 1.54) is 0 Å². The van der Waals surface area contributed by atoms with Crippen molar-refractivity contribution in [2.45, 2.75) is 26.2 Å². The smallest absolute Gasteiger partial charge is 0.343 e. The van der Waals surface area contributed by atoms with E-state index in [2.05, 4.69) is 4.90 Å². The van der Waals surface area contributed by atoms with Crippen molar-refractivity contribution in [3.63, 3.8) is 0 Å². The quantitative estimate of drug-likeness (QED) is 0.617. The van der Waals surface area contributed by atoms with Crippen LogP contribution in [0.15, 0.2) is 59.8 Å². The SMILES string of the molecule is CC1=C2CCc3cc(C(=O)Oc4ccccc4)ccc3N2CCC1=O. The van der Waals surface area contributed by atoms with E-state index in [4.69, 9.17) is 4.74 Å². The molecule has 0 bridgehead atoms. The van der Waals surface area contributed by atoms with Crippen LogP contribution in [0.25, 0.3) is 0 Å². The number of rotatable bonds is 2. The molecule has 0 saturated heterocycles. The zero-order chi connectivity index (χ0) is 17.4.